The summed E-state index contributed by atoms with van der Waals surface area (Å²) in [7, 11) is 5.14. The van der Waals surface area contributed by atoms with Gasteiger partial charge in [0.2, 0.25) is 5.91 Å². The minimum Gasteiger partial charge on any atom is -0.389 e. The van der Waals surface area contributed by atoms with Crippen LogP contribution in [0.2, 0.25) is 0 Å². The molecule has 1 amide bonds. The van der Waals surface area contributed by atoms with Crippen LogP contribution in [0.15, 0.2) is 30.3 Å². The molecule has 1 N–H and O–H groups in total. The van der Waals surface area contributed by atoms with Crippen molar-refractivity contribution in [1.29, 1.82) is 0 Å². The fraction of sp³-hybridized carbons (Fsp3) is 0.533. The number of aliphatic hydroxyl groups excluding tert-OH is 1. The van der Waals surface area contributed by atoms with E-state index in [1.807, 2.05) is 37.4 Å². The van der Waals surface area contributed by atoms with Gasteiger partial charge in [-0.1, -0.05) is 30.3 Å². The second-order valence-corrected chi connectivity index (χ2v) is 5.04. The molecule has 0 bridgehead atoms. The van der Waals surface area contributed by atoms with E-state index in [1.54, 1.807) is 24.0 Å². The van der Waals surface area contributed by atoms with Crippen molar-refractivity contribution in [3.05, 3.63) is 35.9 Å². The molecule has 0 aliphatic carbocycles. The molecular formula is C15H24N2O3. The molecule has 1 aromatic rings. The van der Waals surface area contributed by atoms with Crippen molar-refractivity contribution >= 4 is 5.91 Å². The SMILES string of the molecule is COCC(O)CN(C)CC(=O)N(C)Cc1ccccc1. The summed E-state index contributed by atoms with van der Waals surface area (Å²) >= 11 is 0. The first-order chi connectivity index (χ1) is 9.52. The Morgan fingerprint density at radius 1 is 1.30 bits per heavy atom. The van der Waals surface area contributed by atoms with Crippen LogP contribution in [0.3, 0.4) is 0 Å². The highest BCUT2D eigenvalue weighted by Gasteiger charge is 2.14. The van der Waals surface area contributed by atoms with Crippen LogP contribution in [0.5, 0.6) is 0 Å². The summed E-state index contributed by atoms with van der Waals surface area (Å²) in [4.78, 5) is 15.6. The summed E-state index contributed by atoms with van der Waals surface area (Å²) in [5.41, 5.74) is 1.10. The Morgan fingerprint density at radius 3 is 2.55 bits per heavy atom. The van der Waals surface area contributed by atoms with E-state index in [-0.39, 0.29) is 19.1 Å². The van der Waals surface area contributed by atoms with Gasteiger partial charge in [0.25, 0.3) is 0 Å². The highest BCUT2D eigenvalue weighted by Crippen LogP contribution is 2.03. The van der Waals surface area contributed by atoms with E-state index < -0.39 is 6.10 Å². The van der Waals surface area contributed by atoms with Crippen molar-refractivity contribution in [3.63, 3.8) is 0 Å². The van der Waals surface area contributed by atoms with Crippen LogP contribution >= 0.6 is 0 Å². The molecule has 0 fully saturated rings. The molecule has 5 heteroatoms. The molecule has 0 saturated carbocycles. The Morgan fingerprint density at radius 2 is 1.95 bits per heavy atom. The zero-order chi connectivity index (χ0) is 15.0. The Kier molecular flexibility index (Phi) is 7.22. The predicted molar refractivity (Wildman–Crippen MR) is 78.3 cm³/mol. The first-order valence-electron chi connectivity index (χ1n) is 6.66. The van der Waals surface area contributed by atoms with Gasteiger partial charge in [0.15, 0.2) is 0 Å². The lowest BCUT2D eigenvalue weighted by Crippen LogP contribution is -2.40. The van der Waals surface area contributed by atoms with E-state index in [1.165, 1.54) is 0 Å². The van der Waals surface area contributed by atoms with Crippen molar-refractivity contribution in [2.75, 3.05) is 40.9 Å². The average Bonchev–Trinajstić information content (AvgIpc) is 2.39. The van der Waals surface area contributed by atoms with Crippen LogP contribution < -0.4 is 0 Å². The van der Waals surface area contributed by atoms with E-state index in [4.69, 9.17) is 4.74 Å². The minimum atomic E-state index is -0.572. The fourth-order valence-electron chi connectivity index (χ4n) is 1.97. The quantitative estimate of drug-likeness (QED) is 0.757. The topological polar surface area (TPSA) is 53.0 Å². The fourth-order valence-corrected chi connectivity index (χ4v) is 1.97. The molecule has 0 heterocycles. The Bertz CT molecular complexity index is 397. The molecule has 1 aromatic carbocycles. The Balaban J connectivity index is 2.37. The maximum absolute atomic E-state index is 12.1. The van der Waals surface area contributed by atoms with E-state index in [9.17, 15) is 9.90 Å². The van der Waals surface area contributed by atoms with Crippen LogP contribution in [0, 0.1) is 0 Å². The van der Waals surface area contributed by atoms with Crippen LogP contribution in [0.4, 0.5) is 0 Å². The molecule has 0 aromatic heterocycles. The number of hydrogen-bond donors (Lipinski definition) is 1. The molecule has 1 atom stereocenters. The lowest BCUT2D eigenvalue weighted by atomic mass is 10.2. The van der Waals surface area contributed by atoms with Crippen LogP contribution in [-0.4, -0.2) is 67.8 Å². The largest absolute Gasteiger partial charge is 0.389 e. The van der Waals surface area contributed by atoms with Crippen LogP contribution in [-0.2, 0) is 16.1 Å². The zero-order valence-corrected chi connectivity index (χ0v) is 12.5. The molecule has 1 rings (SSSR count). The first kappa shape index (κ1) is 16.6. The monoisotopic (exact) mass is 280 g/mol. The maximum atomic E-state index is 12.1. The van der Waals surface area contributed by atoms with Gasteiger partial charge in [-0.15, -0.1) is 0 Å². The Labute approximate surface area is 120 Å². The normalized spacial score (nSPS) is 12.4. The van der Waals surface area contributed by atoms with E-state index >= 15 is 0 Å². The number of hydrogen-bond acceptors (Lipinski definition) is 4. The number of benzene rings is 1. The van der Waals surface area contributed by atoms with Crippen molar-refractivity contribution in [2.45, 2.75) is 12.6 Å². The lowest BCUT2D eigenvalue weighted by molar-refractivity contribution is -0.131. The molecular weight excluding hydrogens is 256 g/mol. The molecule has 1 unspecified atom stereocenters. The van der Waals surface area contributed by atoms with Crippen molar-refractivity contribution in [1.82, 2.24) is 9.80 Å². The van der Waals surface area contributed by atoms with Crippen LogP contribution in [0.1, 0.15) is 5.56 Å². The second kappa shape index (κ2) is 8.68. The number of nitrogens with zero attached hydrogens (tertiary/aromatic N) is 2. The lowest BCUT2D eigenvalue weighted by Gasteiger charge is -2.23. The van der Waals surface area contributed by atoms with Gasteiger partial charge in [-0.3, -0.25) is 9.69 Å². The number of carbonyl (C=O) groups excluding carboxylic acids is 1. The smallest absolute Gasteiger partial charge is 0.236 e. The molecule has 0 aliphatic heterocycles. The number of ether oxygens (including phenoxy) is 1. The van der Waals surface area contributed by atoms with Gasteiger partial charge in [0.05, 0.1) is 19.3 Å². The number of aliphatic hydroxyl groups is 1. The number of likely N-dealkylation sites (N-methyl/N-ethyl adjacent to an activating group) is 2. The highest BCUT2D eigenvalue weighted by atomic mass is 16.5. The molecule has 0 spiro atoms. The van der Waals surface area contributed by atoms with Crippen LogP contribution in [0.25, 0.3) is 0 Å². The maximum Gasteiger partial charge on any atom is 0.236 e. The molecule has 0 radical (unpaired) electrons. The van der Waals surface area contributed by atoms with E-state index in [0.29, 0.717) is 13.1 Å². The minimum absolute atomic E-state index is 0.0287. The summed E-state index contributed by atoms with van der Waals surface area (Å²) < 4.78 is 4.86. The summed E-state index contributed by atoms with van der Waals surface area (Å²) in [5, 5.41) is 9.61. The average molecular weight is 280 g/mol. The number of methoxy groups -OCH3 is 1. The van der Waals surface area contributed by atoms with Crippen molar-refractivity contribution < 1.29 is 14.6 Å². The number of amides is 1. The molecule has 20 heavy (non-hydrogen) atoms. The summed E-state index contributed by atoms with van der Waals surface area (Å²) in [5.74, 6) is 0.0287. The summed E-state index contributed by atoms with van der Waals surface area (Å²) in [6.45, 7) is 1.56. The summed E-state index contributed by atoms with van der Waals surface area (Å²) in [6.07, 6.45) is -0.572. The van der Waals surface area contributed by atoms with Gasteiger partial charge in [-0.25, -0.2) is 0 Å². The van der Waals surface area contributed by atoms with Gasteiger partial charge in [0, 0.05) is 27.2 Å². The molecule has 5 nitrogen and oxygen atoms in total. The van der Waals surface area contributed by atoms with Gasteiger partial charge in [0.1, 0.15) is 0 Å². The highest BCUT2D eigenvalue weighted by molar-refractivity contribution is 5.77. The third-order valence-electron chi connectivity index (χ3n) is 2.97. The zero-order valence-electron chi connectivity index (χ0n) is 12.5. The van der Waals surface area contributed by atoms with Gasteiger partial charge in [-0.2, -0.15) is 0 Å². The number of carbonyl (C=O) groups is 1. The van der Waals surface area contributed by atoms with Gasteiger partial charge >= 0.3 is 0 Å². The summed E-state index contributed by atoms with van der Waals surface area (Å²) in [6, 6.07) is 9.86. The van der Waals surface area contributed by atoms with Gasteiger partial charge in [-0.05, 0) is 12.6 Å². The second-order valence-electron chi connectivity index (χ2n) is 5.04. The third kappa shape index (κ3) is 6.14. The standard InChI is InChI=1S/C15H24N2O3/c1-16(10-14(18)12-20-3)11-15(19)17(2)9-13-7-5-4-6-8-13/h4-8,14,18H,9-12H2,1-3H3. The molecule has 112 valence electrons. The number of rotatable bonds is 8. The van der Waals surface area contributed by atoms with E-state index in [0.717, 1.165) is 5.56 Å². The molecule has 0 saturated heterocycles. The van der Waals surface area contributed by atoms with Crippen molar-refractivity contribution in [2.24, 2.45) is 0 Å². The van der Waals surface area contributed by atoms with Gasteiger partial charge < -0.3 is 14.7 Å². The van der Waals surface area contributed by atoms with Crippen molar-refractivity contribution in [3.8, 4) is 0 Å². The van der Waals surface area contributed by atoms with E-state index in [2.05, 4.69) is 0 Å². The molecule has 0 aliphatic rings. The Hall–Kier alpha value is -1.43. The first-order valence-corrected chi connectivity index (χ1v) is 6.66. The predicted octanol–water partition coefficient (Wildman–Crippen LogP) is 0.584. The third-order valence-corrected chi connectivity index (χ3v) is 2.97.